The molecule has 0 saturated carbocycles. The topological polar surface area (TPSA) is 26.3 Å². The van der Waals surface area contributed by atoms with Crippen molar-refractivity contribution in [3.63, 3.8) is 0 Å². The Bertz CT molecular complexity index is 334. The molecule has 0 fully saturated rings. The van der Waals surface area contributed by atoms with Crippen LogP contribution in [0, 0.1) is 0 Å². The molecule has 1 aromatic carbocycles. The molecule has 0 N–H and O–H groups in total. The Morgan fingerprint density at radius 2 is 2.21 bits per heavy atom. The van der Waals surface area contributed by atoms with E-state index in [4.69, 9.17) is 4.74 Å². The number of benzene rings is 1. The van der Waals surface area contributed by atoms with Crippen molar-refractivity contribution in [1.82, 2.24) is 0 Å². The Labute approximate surface area is 88.7 Å². The summed E-state index contributed by atoms with van der Waals surface area (Å²) in [5.41, 5.74) is 1.84. The highest BCUT2D eigenvalue weighted by Crippen LogP contribution is 2.28. The van der Waals surface area contributed by atoms with Gasteiger partial charge in [0, 0.05) is 10.5 Å². The molecule has 1 rings (SSSR count). The maximum atomic E-state index is 10.8. The molecule has 0 aliphatic carbocycles. The molecule has 76 valence electrons. The summed E-state index contributed by atoms with van der Waals surface area (Å²) in [6.45, 7) is 2.07. The van der Waals surface area contributed by atoms with Gasteiger partial charge in [-0.2, -0.15) is 0 Å². The first-order chi connectivity index (χ1) is 6.76. The van der Waals surface area contributed by atoms with Crippen molar-refractivity contribution in [3.8, 4) is 5.75 Å². The fourth-order valence-electron chi connectivity index (χ4n) is 1.35. The van der Waals surface area contributed by atoms with Crippen molar-refractivity contribution in [1.29, 1.82) is 0 Å². The molecule has 0 amide bonds. The van der Waals surface area contributed by atoms with Crippen LogP contribution >= 0.6 is 11.8 Å². The molecule has 3 heteroatoms. The number of ether oxygens (including phenoxy) is 1. The van der Waals surface area contributed by atoms with Crippen molar-refractivity contribution < 1.29 is 9.53 Å². The van der Waals surface area contributed by atoms with E-state index in [0.717, 1.165) is 28.9 Å². The molecule has 0 heterocycles. The molecular formula is C11H14O2S. The van der Waals surface area contributed by atoms with Crippen molar-refractivity contribution in [2.75, 3.05) is 13.4 Å². The molecule has 0 atom stereocenters. The lowest BCUT2D eigenvalue weighted by Crippen LogP contribution is -1.94. The van der Waals surface area contributed by atoms with Crippen LogP contribution in [0.3, 0.4) is 0 Å². The number of carbonyl (C=O) groups excluding carboxylic acids is 1. The number of hydrogen-bond donors (Lipinski definition) is 0. The van der Waals surface area contributed by atoms with Gasteiger partial charge in [0.05, 0.1) is 7.11 Å². The van der Waals surface area contributed by atoms with Crippen molar-refractivity contribution in [2.45, 2.75) is 18.2 Å². The lowest BCUT2D eigenvalue weighted by molar-refractivity contribution is 0.112. The van der Waals surface area contributed by atoms with Gasteiger partial charge in [0.1, 0.15) is 5.75 Å². The lowest BCUT2D eigenvalue weighted by atomic mass is 10.1. The number of aldehydes is 1. The van der Waals surface area contributed by atoms with Gasteiger partial charge in [-0.3, -0.25) is 4.79 Å². The normalized spacial score (nSPS) is 9.93. The highest BCUT2D eigenvalue weighted by molar-refractivity contribution is 7.98. The molecule has 0 bridgehead atoms. The van der Waals surface area contributed by atoms with Gasteiger partial charge in [-0.05, 0) is 30.4 Å². The Morgan fingerprint density at radius 3 is 2.64 bits per heavy atom. The quantitative estimate of drug-likeness (QED) is 0.564. The second-order valence-corrected chi connectivity index (χ2v) is 3.73. The fraction of sp³-hybridized carbons (Fsp3) is 0.364. The zero-order valence-corrected chi connectivity index (χ0v) is 9.48. The van der Waals surface area contributed by atoms with Gasteiger partial charge in [-0.1, -0.05) is 6.92 Å². The van der Waals surface area contributed by atoms with E-state index in [1.165, 1.54) is 0 Å². The van der Waals surface area contributed by atoms with E-state index in [1.54, 1.807) is 24.9 Å². The van der Waals surface area contributed by atoms with Gasteiger partial charge in [-0.25, -0.2) is 0 Å². The SMILES string of the molecule is CCc1cc(SC)c(C=O)cc1OC. The summed E-state index contributed by atoms with van der Waals surface area (Å²) in [7, 11) is 1.63. The summed E-state index contributed by atoms with van der Waals surface area (Å²) in [5.74, 6) is 0.799. The van der Waals surface area contributed by atoms with Crippen molar-refractivity contribution in [2.24, 2.45) is 0 Å². The number of aryl methyl sites for hydroxylation is 1. The summed E-state index contributed by atoms with van der Waals surface area (Å²) < 4.78 is 5.21. The Kier molecular flexibility index (Phi) is 4.01. The van der Waals surface area contributed by atoms with E-state index in [1.807, 2.05) is 12.3 Å². The smallest absolute Gasteiger partial charge is 0.151 e. The standard InChI is InChI=1S/C11H14O2S/c1-4-8-6-11(14-3)9(7-12)5-10(8)13-2/h5-7H,4H2,1-3H3. The van der Waals surface area contributed by atoms with Crippen LogP contribution in [0.1, 0.15) is 22.8 Å². The van der Waals surface area contributed by atoms with Crippen molar-refractivity contribution in [3.05, 3.63) is 23.3 Å². The molecule has 1 aromatic rings. The van der Waals surface area contributed by atoms with Gasteiger partial charge in [0.15, 0.2) is 6.29 Å². The maximum Gasteiger partial charge on any atom is 0.151 e. The van der Waals surface area contributed by atoms with Crippen molar-refractivity contribution >= 4 is 18.0 Å². The Morgan fingerprint density at radius 1 is 1.50 bits per heavy atom. The minimum Gasteiger partial charge on any atom is -0.496 e. The zero-order chi connectivity index (χ0) is 10.6. The first-order valence-corrected chi connectivity index (χ1v) is 5.69. The highest BCUT2D eigenvalue weighted by Gasteiger charge is 2.07. The van der Waals surface area contributed by atoms with Crippen LogP contribution in [0.2, 0.25) is 0 Å². The molecule has 0 spiro atoms. The van der Waals surface area contributed by atoms with E-state index >= 15 is 0 Å². The molecule has 2 nitrogen and oxygen atoms in total. The molecule has 0 radical (unpaired) electrons. The van der Waals surface area contributed by atoms with Gasteiger partial charge in [-0.15, -0.1) is 11.8 Å². The predicted octanol–water partition coefficient (Wildman–Crippen LogP) is 2.79. The molecule has 0 aromatic heterocycles. The summed E-state index contributed by atoms with van der Waals surface area (Å²) in [4.78, 5) is 11.8. The van der Waals surface area contributed by atoms with E-state index in [9.17, 15) is 4.79 Å². The van der Waals surface area contributed by atoms with Gasteiger partial charge < -0.3 is 4.74 Å². The third kappa shape index (κ3) is 2.10. The largest absolute Gasteiger partial charge is 0.496 e. The maximum absolute atomic E-state index is 10.8. The third-order valence-corrected chi connectivity index (χ3v) is 2.93. The van der Waals surface area contributed by atoms with Gasteiger partial charge in [0.25, 0.3) is 0 Å². The minimum atomic E-state index is 0.701. The number of rotatable bonds is 4. The first-order valence-electron chi connectivity index (χ1n) is 4.46. The average molecular weight is 210 g/mol. The number of thioether (sulfide) groups is 1. The zero-order valence-electron chi connectivity index (χ0n) is 8.66. The van der Waals surface area contributed by atoms with E-state index in [2.05, 4.69) is 6.92 Å². The lowest BCUT2D eigenvalue weighted by Gasteiger charge is -2.10. The Balaban J connectivity index is 3.27. The van der Waals surface area contributed by atoms with Crippen LogP contribution in [0.15, 0.2) is 17.0 Å². The molecule has 0 aliphatic heterocycles. The van der Waals surface area contributed by atoms with Gasteiger partial charge >= 0.3 is 0 Å². The van der Waals surface area contributed by atoms with Crippen LogP contribution < -0.4 is 4.74 Å². The van der Waals surface area contributed by atoms with E-state index in [0.29, 0.717) is 5.56 Å². The third-order valence-electron chi connectivity index (χ3n) is 2.14. The number of carbonyl (C=O) groups is 1. The van der Waals surface area contributed by atoms with Crippen LogP contribution in [-0.4, -0.2) is 19.7 Å². The van der Waals surface area contributed by atoms with E-state index < -0.39 is 0 Å². The summed E-state index contributed by atoms with van der Waals surface area (Å²) in [6, 6.07) is 3.82. The molecular weight excluding hydrogens is 196 g/mol. The monoisotopic (exact) mass is 210 g/mol. The second kappa shape index (κ2) is 5.05. The highest BCUT2D eigenvalue weighted by atomic mass is 32.2. The van der Waals surface area contributed by atoms with Crippen LogP contribution in [0.4, 0.5) is 0 Å². The fourth-order valence-corrected chi connectivity index (χ4v) is 1.96. The van der Waals surface area contributed by atoms with Gasteiger partial charge in [0.2, 0.25) is 0 Å². The molecule has 14 heavy (non-hydrogen) atoms. The first kappa shape index (κ1) is 11.1. The number of methoxy groups -OCH3 is 1. The minimum absolute atomic E-state index is 0.701. The van der Waals surface area contributed by atoms with Crippen LogP contribution in [0.25, 0.3) is 0 Å². The summed E-state index contributed by atoms with van der Waals surface area (Å²) in [6.07, 6.45) is 3.75. The van der Waals surface area contributed by atoms with Crippen LogP contribution in [0.5, 0.6) is 5.75 Å². The molecule has 0 aliphatic rings. The number of hydrogen-bond acceptors (Lipinski definition) is 3. The predicted molar refractivity (Wildman–Crippen MR) is 59.5 cm³/mol. The summed E-state index contributed by atoms with van der Waals surface area (Å²) >= 11 is 1.58. The average Bonchev–Trinajstić information content (AvgIpc) is 2.26. The Hall–Kier alpha value is -0.960. The van der Waals surface area contributed by atoms with E-state index in [-0.39, 0.29) is 0 Å². The molecule has 0 saturated heterocycles. The second-order valence-electron chi connectivity index (χ2n) is 2.88. The van der Waals surface area contributed by atoms with Crippen LogP contribution in [-0.2, 0) is 6.42 Å². The molecule has 0 unspecified atom stereocenters. The summed E-state index contributed by atoms with van der Waals surface area (Å²) in [5, 5.41) is 0.